The number of halogens is 2. The molecule has 2 atom stereocenters. The van der Waals surface area contributed by atoms with Crippen molar-refractivity contribution in [2.45, 2.75) is 25.6 Å². The first-order chi connectivity index (χ1) is 6.74. The van der Waals surface area contributed by atoms with E-state index in [-0.39, 0.29) is 24.5 Å². The van der Waals surface area contributed by atoms with Crippen LogP contribution in [0.1, 0.15) is 12.5 Å². The van der Waals surface area contributed by atoms with E-state index in [1.165, 1.54) is 6.07 Å². The molecule has 4 heteroatoms. The lowest BCUT2D eigenvalue weighted by Gasteiger charge is -2.10. The first kappa shape index (κ1) is 12.4. The molecule has 1 aromatic carbocycles. The highest BCUT2D eigenvalue weighted by atomic mass is 35.5. The molecule has 1 aliphatic heterocycles. The number of ether oxygens (including phenoxy) is 1. The summed E-state index contributed by atoms with van der Waals surface area (Å²) in [5, 5.41) is 3.28. The Morgan fingerprint density at radius 1 is 1.53 bits per heavy atom. The summed E-state index contributed by atoms with van der Waals surface area (Å²) in [5.74, 6) is -0.187. The molecule has 1 fully saturated rings. The van der Waals surface area contributed by atoms with E-state index in [1.54, 1.807) is 12.1 Å². The normalized spacial score (nSPS) is 24.9. The van der Waals surface area contributed by atoms with E-state index < -0.39 is 0 Å². The Bertz CT molecular complexity index is 321. The average molecular weight is 232 g/mol. The number of nitrogens with one attached hydrogen (secondary N) is 1. The first-order valence-corrected chi connectivity index (χ1v) is 4.86. The van der Waals surface area contributed by atoms with Gasteiger partial charge in [-0.1, -0.05) is 12.1 Å². The van der Waals surface area contributed by atoms with E-state index in [4.69, 9.17) is 4.74 Å². The van der Waals surface area contributed by atoms with Crippen LogP contribution in [0.5, 0.6) is 0 Å². The fourth-order valence-electron chi connectivity index (χ4n) is 1.67. The van der Waals surface area contributed by atoms with Gasteiger partial charge in [-0.15, -0.1) is 12.4 Å². The summed E-state index contributed by atoms with van der Waals surface area (Å²) in [6, 6.07) is 7.04. The van der Waals surface area contributed by atoms with Crippen LogP contribution in [0.3, 0.4) is 0 Å². The van der Waals surface area contributed by atoms with Gasteiger partial charge in [0.2, 0.25) is 0 Å². The van der Waals surface area contributed by atoms with Crippen molar-refractivity contribution in [1.82, 2.24) is 5.32 Å². The Morgan fingerprint density at radius 2 is 2.33 bits per heavy atom. The van der Waals surface area contributed by atoms with Crippen LogP contribution in [0.2, 0.25) is 0 Å². The average Bonchev–Trinajstić information content (AvgIpc) is 2.51. The molecule has 1 saturated heterocycles. The van der Waals surface area contributed by atoms with Gasteiger partial charge in [0.05, 0.1) is 6.61 Å². The Hall–Kier alpha value is -0.640. The first-order valence-electron chi connectivity index (χ1n) is 4.86. The Balaban J connectivity index is 0.00000112. The Labute approximate surface area is 95.2 Å². The van der Waals surface area contributed by atoms with Gasteiger partial charge < -0.3 is 4.74 Å². The number of benzene rings is 1. The molecule has 0 radical (unpaired) electrons. The van der Waals surface area contributed by atoms with Crippen molar-refractivity contribution in [3.63, 3.8) is 0 Å². The second kappa shape index (κ2) is 5.45. The van der Waals surface area contributed by atoms with E-state index in [0.29, 0.717) is 6.04 Å². The molecule has 1 N–H and O–H groups in total. The third-order valence-corrected chi connectivity index (χ3v) is 2.33. The molecule has 1 aliphatic rings. The molecule has 84 valence electrons. The number of hydrogen-bond acceptors (Lipinski definition) is 2. The second-order valence-electron chi connectivity index (χ2n) is 3.72. The fourth-order valence-corrected chi connectivity index (χ4v) is 1.67. The highest BCUT2D eigenvalue weighted by Crippen LogP contribution is 2.11. The van der Waals surface area contributed by atoms with Crippen LogP contribution in [-0.2, 0) is 11.2 Å². The molecule has 1 aromatic rings. The van der Waals surface area contributed by atoms with Gasteiger partial charge in [0.15, 0.2) is 0 Å². The zero-order chi connectivity index (χ0) is 9.97. The third kappa shape index (κ3) is 3.45. The Morgan fingerprint density at radius 3 is 2.93 bits per heavy atom. The van der Waals surface area contributed by atoms with Crippen molar-refractivity contribution >= 4 is 12.4 Å². The lowest BCUT2D eigenvalue weighted by molar-refractivity contribution is 0.101. The lowest BCUT2D eigenvalue weighted by atomic mass is 10.1. The summed E-state index contributed by atoms with van der Waals surface area (Å²) in [4.78, 5) is 0. The predicted octanol–water partition coefficient (Wildman–Crippen LogP) is 2.12. The van der Waals surface area contributed by atoms with Crippen LogP contribution in [0.25, 0.3) is 0 Å². The van der Waals surface area contributed by atoms with E-state index in [1.807, 2.05) is 6.07 Å². The van der Waals surface area contributed by atoms with Gasteiger partial charge in [-0.25, -0.2) is 4.39 Å². The van der Waals surface area contributed by atoms with Crippen LogP contribution < -0.4 is 5.32 Å². The zero-order valence-corrected chi connectivity index (χ0v) is 9.39. The molecule has 0 aliphatic carbocycles. The minimum atomic E-state index is -0.187. The van der Waals surface area contributed by atoms with Crippen LogP contribution in [0, 0.1) is 5.82 Å². The summed E-state index contributed by atoms with van der Waals surface area (Å²) < 4.78 is 18.3. The zero-order valence-electron chi connectivity index (χ0n) is 8.57. The summed E-state index contributed by atoms with van der Waals surface area (Å²) in [5.41, 5.74) is 0.969. The fraction of sp³-hybridized carbons (Fsp3) is 0.455. The maximum atomic E-state index is 12.9. The maximum Gasteiger partial charge on any atom is 0.123 e. The highest BCUT2D eigenvalue weighted by Gasteiger charge is 2.20. The molecule has 15 heavy (non-hydrogen) atoms. The lowest BCUT2D eigenvalue weighted by Crippen LogP contribution is -2.29. The summed E-state index contributed by atoms with van der Waals surface area (Å²) in [6.07, 6.45) is 0.758. The van der Waals surface area contributed by atoms with Gasteiger partial charge in [0.1, 0.15) is 12.0 Å². The van der Waals surface area contributed by atoms with Crippen molar-refractivity contribution in [2.24, 2.45) is 0 Å². The minimum absolute atomic E-state index is 0. The topological polar surface area (TPSA) is 21.3 Å². The standard InChI is InChI=1S/C11H14FNO.ClH/c1-8-7-14-11(13-8)6-9-3-2-4-10(12)5-9;/h2-5,8,11,13H,6-7H2,1H3;1H. The minimum Gasteiger partial charge on any atom is -0.361 e. The largest absolute Gasteiger partial charge is 0.361 e. The SMILES string of the molecule is CC1COC(Cc2cccc(F)c2)N1.Cl. The van der Waals surface area contributed by atoms with Crippen molar-refractivity contribution in [2.75, 3.05) is 6.61 Å². The summed E-state index contributed by atoms with van der Waals surface area (Å²) in [7, 11) is 0. The maximum absolute atomic E-state index is 12.9. The van der Waals surface area contributed by atoms with Crippen LogP contribution >= 0.6 is 12.4 Å². The number of rotatable bonds is 2. The quantitative estimate of drug-likeness (QED) is 0.842. The second-order valence-corrected chi connectivity index (χ2v) is 3.72. The summed E-state index contributed by atoms with van der Waals surface area (Å²) >= 11 is 0. The molecule has 0 spiro atoms. The van der Waals surface area contributed by atoms with Gasteiger partial charge in [-0.05, 0) is 24.6 Å². The van der Waals surface area contributed by atoms with E-state index in [0.717, 1.165) is 18.6 Å². The smallest absolute Gasteiger partial charge is 0.123 e. The molecule has 2 rings (SSSR count). The summed E-state index contributed by atoms with van der Waals surface area (Å²) in [6.45, 7) is 2.81. The van der Waals surface area contributed by atoms with Crippen molar-refractivity contribution in [3.8, 4) is 0 Å². The molecule has 0 aromatic heterocycles. The molecule has 0 bridgehead atoms. The van der Waals surface area contributed by atoms with E-state index in [9.17, 15) is 4.39 Å². The number of hydrogen-bond donors (Lipinski definition) is 1. The monoisotopic (exact) mass is 231 g/mol. The van der Waals surface area contributed by atoms with Gasteiger partial charge >= 0.3 is 0 Å². The molecular formula is C11H15ClFNO. The molecule has 2 nitrogen and oxygen atoms in total. The van der Waals surface area contributed by atoms with Gasteiger partial charge in [-0.3, -0.25) is 5.32 Å². The van der Waals surface area contributed by atoms with Gasteiger partial charge in [0.25, 0.3) is 0 Å². The van der Waals surface area contributed by atoms with Crippen molar-refractivity contribution in [1.29, 1.82) is 0 Å². The van der Waals surface area contributed by atoms with Gasteiger partial charge in [0, 0.05) is 12.5 Å². The molecular weight excluding hydrogens is 217 g/mol. The van der Waals surface area contributed by atoms with Crippen LogP contribution in [0.15, 0.2) is 24.3 Å². The van der Waals surface area contributed by atoms with E-state index in [2.05, 4.69) is 12.2 Å². The van der Waals surface area contributed by atoms with Crippen LogP contribution in [0.4, 0.5) is 4.39 Å². The van der Waals surface area contributed by atoms with Crippen molar-refractivity contribution < 1.29 is 9.13 Å². The molecule has 2 unspecified atom stereocenters. The van der Waals surface area contributed by atoms with Crippen LogP contribution in [-0.4, -0.2) is 18.9 Å². The molecule has 0 amide bonds. The molecule has 1 heterocycles. The highest BCUT2D eigenvalue weighted by molar-refractivity contribution is 5.85. The third-order valence-electron chi connectivity index (χ3n) is 2.33. The van der Waals surface area contributed by atoms with Gasteiger partial charge in [-0.2, -0.15) is 0 Å². The molecule has 0 saturated carbocycles. The van der Waals surface area contributed by atoms with E-state index >= 15 is 0 Å². The Kier molecular flexibility index (Phi) is 4.51. The predicted molar refractivity (Wildman–Crippen MR) is 59.7 cm³/mol. The van der Waals surface area contributed by atoms with Crippen molar-refractivity contribution in [3.05, 3.63) is 35.6 Å².